The first-order chi connectivity index (χ1) is 11.5. The van der Waals surface area contributed by atoms with Crippen LogP contribution in [0.1, 0.15) is 40.0 Å². The minimum absolute atomic E-state index is 0.124. The van der Waals surface area contributed by atoms with Crippen LogP contribution in [0.25, 0.3) is 10.8 Å². The van der Waals surface area contributed by atoms with Crippen LogP contribution in [-0.4, -0.2) is 30.0 Å². The molecule has 1 amide bonds. The monoisotopic (exact) mass is 325 g/mol. The number of benzene rings is 2. The second-order valence-electron chi connectivity index (χ2n) is 7.55. The van der Waals surface area contributed by atoms with Crippen LogP contribution in [0.4, 0.5) is 0 Å². The number of ether oxygens (including phenoxy) is 1. The van der Waals surface area contributed by atoms with Crippen LogP contribution in [0.2, 0.25) is 0 Å². The van der Waals surface area contributed by atoms with E-state index in [1.54, 1.807) is 0 Å². The summed E-state index contributed by atoms with van der Waals surface area (Å²) in [7, 11) is 0. The zero-order valence-electron chi connectivity index (χ0n) is 14.9. The van der Waals surface area contributed by atoms with E-state index >= 15 is 0 Å². The van der Waals surface area contributed by atoms with Crippen molar-refractivity contribution in [2.45, 2.75) is 46.1 Å². The van der Waals surface area contributed by atoms with Gasteiger partial charge in [-0.1, -0.05) is 51.1 Å². The number of carbonyl (C=O) groups excluding carboxylic acids is 1. The van der Waals surface area contributed by atoms with Crippen molar-refractivity contribution < 1.29 is 9.53 Å². The van der Waals surface area contributed by atoms with Gasteiger partial charge in [0, 0.05) is 13.1 Å². The first-order valence-corrected chi connectivity index (χ1v) is 8.93. The van der Waals surface area contributed by atoms with E-state index in [-0.39, 0.29) is 11.3 Å². The molecule has 1 aliphatic heterocycles. The van der Waals surface area contributed by atoms with Crippen LogP contribution < -0.4 is 4.74 Å². The topological polar surface area (TPSA) is 29.5 Å². The second kappa shape index (κ2) is 6.84. The molecule has 1 heterocycles. The number of hydrogen-bond acceptors (Lipinski definition) is 2. The third-order valence-corrected chi connectivity index (χ3v) is 4.86. The fourth-order valence-electron chi connectivity index (χ4n) is 3.53. The SMILES string of the molecule is CCC(Oc1ccc2ccccc2c1)C(=O)N1CCCC(C)(C)C1. The highest BCUT2D eigenvalue weighted by Gasteiger charge is 2.32. The van der Waals surface area contributed by atoms with Crippen molar-refractivity contribution in [1.82, 2.24) is 4.90 Å². The van der Waals surface area contributed by atoms with E-state index in [9.17, 15) is 4.79 Å². The molecule has 2 aromatic carbocycles. The van der Waals surface area contributed by atoms with Gasteiger partial charge < -0.3 is 9.64 Å². The summed E-state index contributed by atoms with van der Waals surface area (Å²) in [5.74, 6) is 0.892. The maximum absolute atomic E-state index is 12.9. The van der Waals surface area contributed by atoms with Crippen molar-refractivity contribution in [1.29, 1.82) is 0 Å². The molecule has 0 aliphatic carbocycles. The molecule has 128 valence electrons. The van der Waals surface area contributed by atoms with Crippen molar-refractivity contribution in [3.8, 4) is 5.75 Å². The molecule has 0 bridgehead atoms. The molecular weight excluding hydrogens is 298 g/mol. The summed E-state index contributed by atoms with van der Waals surface area (Å²) in [5, 5.41) is 2.32. The van der Waals surface area contributed by atoms with Crippen LogP contribution in [-0.2, 0) is 4.79 Å². The predicted molar refractivity (Wildman–Crippen MR) is 98.3 cm³/mol. The summed E-state index contributed by atoms with van der Waals surface area (Å²) in [6.45, 7) is 8.15. The highest BCUT2D eigenvalue weighted by atomic mass is 16.5. The smallest absolute Gasteiger partial charge is 0.263 e. The lowest BCUT2D eigenvalue weighted by atomic mass is 9.84. The lowest BCUT2D eigenvalue weighted by molar-refractivity contribution is -0.142. The van der Waals surface area contributed by atoms with Crippen molar-refractivity contribution in [2.75, 3.05) is 13.1 Å². The number of likely N-dealkylation sites (tertiary alicyclic amines) is 1. The zero-order chi connectivity index (χ0) is 17.2. The molecular formula is C21H27NO2. The van der Waals surface area contributed by atoms with Gasteiger partial charge in [-0.05, 0) is 47.6 Å². The maximum atomic E-state index is 12.9. The van der Waals surface area contributed by atoms with Gasteiger partial charge in [0.15, 0.2) is 6.10 Å². The largest absolute Gasteiger partial charge is 0.481 e. The lowest BCUT2D eigenvalue weighted by Crippen LogP contribution is -2.48. The van der Waals surface area contributed by atoms with E-state index in [1.807, 2.05) is 42.2 Å². The van der Waals surface area contributed by atoms with Crippen molar-refractivity contribution in [3.05, 3.63) is 42.5 Å². The summed E-state index contributed by atoms with van der Waals surface area (Å²) in [6.07, 6.45) is 2.53. The zero-order valence-corrected chi connectivity index (χ0v) is 14.9. The fourth-order valence-corrected chi connectivity index (χ4v) is 3.53. The summed E-state index contributed by atoms with van der Waals surface area (Å²) in [5.41, 5.74) is 0.204. The molecule has 0 aromatic heterocycles. The lowest BCUT2D eigenvalue weighted by Gasteiger charge is -2.39. The Morgan fingerprint density at radius 3 is 2.67 bits per heavy atom. The Kier molecular flexibility index (Phi) is 4.79. The third-order valence-electron chi connectivity index (χ3n) is 4.86. The molecule has 24 heavy (non-hydrogen) atoms. The maximum Gasteiger partial charge on any atom is 0.263 e. The molecule has 3 nitrogen and oxygen atoms in total. The van der Waals surface area contributed by atoms with Crippen molar-refractivity contribution in [3.63, 3.8) is 0 Å². The number of rotatable bonds is 4. The Hall–Kier alpha value is -2.03. The average molecular weight is 325 g/mol. The minimum Gasteiger partial charge on any atom is -0.481 e. The molecule has 0 radical (unpaired) electrons. The Balaban J connectivity index is 1.74. The normalized spacial score (nSPS) is 18.4. The van der Waals surface area contributed by atoms with Gasteiger partial charge in [-0.2, -0.15) is 0 Å². The molecule has 3 rings (SSSR count). The highest BCUT2D eigenvalue weighted by molar-refractivity contribution is 5.84. The first-order valence-electron chi connectivity index (χ1n) is 8.93. The number of piperidine rings is 1. The molecule has 0 saturated carbocycles. The quantitative estimate of drug-likeness (QED) is 0.819. The molecule has 2 aromatic rings. The number of hydrogen-bond donors (Lipinski definition) is 0. The number of nitrogens with zero attached hydrogens (tertiary/aromatic N) is 1. The van der Waals surface area contributed by atoms with E-state index in [0.29, 0.717) is 6.42 Å². The summed E-state index contributed by atoms with van der Waals surface area (Å²) in [6, 6.07) is 14.2. The molecule has 1 unspecified atom stereocenters. The Bertz CT molecular complexity index is 723. The van der Waals surface area contributed by atoms with Crippen LogP contribution in [0, 0.1) is 5.41 Å². The van der Waals surface area contributed by atoms with Crippen LogP contribution >= 0.6 is 0 Å². The van der Waals surface area contributed by atoms with Crippen molar-refractivity contribution >= 4 is 16.7 Å². The van der Waals surface area contributed by atoms with E-state index < -0.39 is 6.10 Å². The van der Waals surface area contributed by atoms with Crippen LogP contribution in [0.3, 0.4) is 0 Å². The Morgan fingerprint density at radius 2 is 1.96 bits per heavy atom. The third kappa shape index (κ3) is 3.72. The highest BCUT2D eigenvalue weighted by Crippen LogP contribution is 2.29. The number of fused-ring (bicyclic) bond motifs is 1. The van der Waals surface area contributed by atoms with Crippen LogP contribution in [0.15, 0.2) is 42.5 Å². The standard InChI is InChI=1S/C21H27NO2/c1-4-19(20(23)22-13-7-12-21(2,3)15-22)24-18-11-10-16-8-5-6-9-17(16)14-18/h5-6,8-11,14,19H,4,7,12-13,15H2,1-3H3. The minimum atomic E-state index is -0.403. The molecule has 1 atom stereocenters. The van der Waals surface area contributed by atoms with Gasteiger partial charge in [-0.3, -0.25) is 4.79 Å². The van der Waals surface area contributed by atoms with Crippen molar-refractivity contribution in [2.24, 2.45) is 5.41 Å². The number of amides is 1. The van der Waals surface area contributed by atoms with E-state index in [0.717, 1.165) is 30.6 Å². The Morgan fingerprint density at radius 1 is 1.21 bits per heavy atom. The van der Waals surface area contributed by atoms with E-state index in [2.05, 4.69) is 26.0 Å². The van der Waals surface area contributed by atoms with Crippen LogP contribution in [0.5, 0.6) is 5.75 Å². The van der Waals surface area contributed by atoms with Gasteiger partial charge in [-0.15, -0.1) is 0 Å². The van der Waals surface area contributed by atoms with Gasteiger partial charge in [0.1, 0.15) is 5.75 Å². The molecule has 3 heteroatoms. The van der Waals surface area contributed by atoms with Gasteiger partial charge in [0.2, 0.25) is 0 Å². The summed E-state index contributed by atoms with van der Waals surface area (Å²) < 4.78 is 6.06. The molecule has 1 aliphatic rings. The average Bonchev–Trinajstić information content (AvgIpc) is 2.58. The molecule has 1 saturated heterocycles. The molecule has 1 fully saturated rings. The Labute approximate surface area is 144 Å². The molecule has 0 spiro atoms. The molecule has 0 N–H and O–H groups in total. The summed E-state index contributed by atoms with van der Waals surface area (Å²) >= 11 is 0. The predicted octanol–water partition coefficient (Wildman–Crippen LogP) is 4.65. The van der Waals surface area contributed by atoms with Gasteiger partial charge >= 0.3 is 0 Å². The van der Waals surface area contributed by atoms with E-state index in [4.69, 9.17) is 4.74 Å². The number of carbonyl (C=O) groups is 1. The van der Waals surface area contributed by atoms with Gasteiger partial charge in [0.25, 0.3) is 5.91 Å². The fraction of sp³-hybridized carbons (Fsp3) is 0.476. The van der Waals surface area contributed by atoms with Gasteiger partial charge in [0.05, 0.1) is 0 Å². The first kappa shape index (κ1) is 16.8. The second-order valence-corrected chi connectivity index (χ2v) is 7.55. The van der Waals surface area contributed by atoms with Gasteiger partial charge in [-0.25, -0.2) is 0 Å². The van der Waals surface area contributed by atoms with E-state index in [1.165, 1.54) is 11.8 Å². The summed E-state index contributed by atoms with van der Waals surface area (Å²) in [4.78, 5) is 14.9.